The Morgan fingerprint density at radius 2 is 2.08 bits per heavy atom. The summed E-state index contributed by atoms with van der Waals surface area (Å²) in [6.45, 7) is -0.437. The second-order valence-electron chi connectivity index (χ2n) is 2.38. The Morgan fingerprint density at radius 1 is 1.42 bits per heavy atom. The summed E-state index contributed by atoms with van der Waals surface area (Å²) in [5.41, 5.74) is 0.241. The molecule has 1 aromatic carbocycles. The molecule has 0 fully saturated rings. The van der Waals surface area contributed by atoms with Gasteiger partial charge in [0.1, 0.15) is 11.9 Å². The van der Waals surface area contributed by atoms with E-state index in [1.54, 1.807) is 6.07 Å². The monoisotopic (exact) mass is 188 g/mol. The largest absolute Gasteiger partial charge is 0.506 e. The first-order chi connectivity index (χ1) is 5.66. The minimum absolute atomic E-state index is 0.167. The summed E-state index contributed by atoms with van der Waals surface area (Å²) in [4.78, 5) is 0. The average Bonchev–Trinajstić information content (AvgIpc) is 2.08. The molecule has 0 amide bonds. The summed E-state index contributed by atoms with van der Waals surface area (Å²) in [7, 11) is 0. The predicted molar refractivity (Wildman–Crippen MR) is 45.2 cm³/mol. The summed E-state index contributed by atoms with van der Waals surface area (Å²) < 4.78 is 0. The first kappa shape index (κ1) is 9.32. The standard InChI is InChI=1S/C8H9ClO3/c9-6-3-1-2-5(8(6)12)7(11)4-10/h1-3,7,10-12H,4H2. The molecule has 1 aromatic rings. The van der Waals surface area contributed by atoms with Crippen molar-refractivity contribution in [3.8, 4) is 5.75 Å². The van der Waals surface area contributed by atoms with Crippen molar-refractivity contribution in [3.63, 3.8) is 0 Å². The molecule has 1 unspecified atom stereocenters. The normalized spacial score (nSPS) is 12.9. The molecule has 3 N–H and O–H groups in total. The number of aliphatic hydroxyl groups is 2. The van der Waals surface area contributed by atoms with Crippen molar-refractivity contribution in [3.05, 3.63) is 28.8 Å². The molecule has 0 saturated heterocycles. The number of aliphatic hydroxyl groups excluding tert-OH is 2. The molecule has 0 saturated carbocycles. The highest BCUT2D eigenvalue weighted by Gasteiger charge is 2.12. The van der Waals surface area contributed by atoms with Crippen LogP contribution in [-0.2, 0) is 0 Å². The number of phenolic OH excluding ortho intramolecular Hbond substituents is 1. The lowest BCUT2D eigenvalue weighted by Gasteiger charge is -2.09. The van der Waals surface area contributed by atoms with Crippen LogP contribution >= 0.6 is 11.6 Å². The van der Waals surface area contributed by atoms with Crippen molar-refractivity contribution in [2.75, 3.05) is 6.61 Å². The lowest BCUT2D eigenvalue weighted by atomic mass is 10.1. The molecule has 1 rings (SSSR count). The SMILES string of the molecule is OCC(O)c1cccc(Cl)c1O. The molecule has 4 heteroatoms. The number of rotatable bonds is 2. The Hall–Kier alpha value is -0.770. The first-order valence-corrected chi connectivity index (χ1v) is 3.81. The highest BCUT2D eigenvalue weighted by molar-refractivity contribution is 6.32. The minimum Gasteiger partial charge on any atom is -0.506 e. The Kier molecular flexibility index (Phi) is 2.92. The summed E-state index contributed by atoms with van der Waals surface area (Å²) in [6, 6.07) is 4.60. The third-order valence-electron chi connectivity index (χ3n) is 1.55. The molecular formula is C8H9ClO3. The fraction of sp³-hybridized carbons (Fsp3) is 0.250. The zero-order valence-corrected chi connectivity index (χ0v) is 6.99. The maximum absolute atomic E-state index is 9.30. The third kappa shape index (κ3) is 1.69. The average molecular weight is 189 g/mol. The molecule has 12 heavy (non-hydrogen) atoms. The smallest absolute Gasteiger partial charge is 0.140 e. The Balaban J connectivity index is 3.07. The van der Waals surface area contributed by atoms with E-state index in [2.05, 4.69) is 0 Å². The van der Waals surface area contributed by atoms with Gasteiger partial charge in [0.05, 0.1) is 11.6 Å². The molecule has 1 atom stereocenters. The number of para-hydroxylation sites is 1. The number of halogens is 1. The van der Waals surface area contributed by atoms with Gasteiger partial charge >= 0.3 is 0 Å². The summed E-state index contributed by atoms with van der Waals surface area (Å²) in [5.74, 6) is -0.180. The second kappa shape index (κ2) is 3.76. The van der Waals surface area contributed by atoms with Gasteiger partial charge in [0.15, 0.2) is 0 Å². The van der Waals surface area contributed by atoms with E-state index in [4.69, 9.17) is 21.8 Å². The minimum atomic E-state index is -1.08. The highest BCUT2D eigenvalue weighted by Crippen LogP contribution is 2.30. The second-order valence-corrected chi connectivity index (χ2v) is 2.78. The molecule has 0 aliphatic rings. The van der Waals surface area contributed by atoms with Crippen LogP contribution in [0.25, 0.3) is 0 Å². The molecule has 0 radical (unpaired) electrons. The number of hydrogen-bond acceptors (Lipinski definition) is 3. The van der Waals surface area contributed by atoms with Gasteiger partial charge in [-0.25, -0.2) is 0 Å². The van der Waals surface area contributed by atoms with Gasteiger partial charge in [-0.15, -0.1) is 0 Å². The van der Waals surface area contributed by atoms with Crippen LogP contribution in [0.3, 0.4) is 0 Å². The molecule has 0 spiro atoms. The van der Waals surface area contributed by atoms with Gasteiger partial charge in [0.2, 0.25) is 0 Å². The van der Waals surface area contributed by atoms with Gasteiger partial charge in [-0.3, -0.25) is 0 Å². The van der Waals surface area contributed by atoms with Crippen molar-refractivity contribution < 1.29 is 15.3 Å². The van der Waals surface area contributed by atoms with Crippen molar-refractivity contribution in [1.82, 2.24) is 0 Å². The topological polar surface area (TPSA) is 60.7 Å². The fourth-order valence-corrected chi connectivity index (χ4v) is 1.08. The summed E-state index contributed by atoms with van der Waals surface area (Å²) in [5, 5.41) is 27.2. The van der Waals surface area contributed by atoms with E-state index in [-0.39, 0.29) is 16.3 Å². The summed E-state index contributed by atoms with van der Waals surface area (Å²) >= 11 is 5.57. The van der Waals surface area contributed by atoms with Crippen LogP contribution in [-0.4, -0.2) is 21.9 Å². The zero-order chi connectivity index (χ0) is 9.14. The van der Waals surface area contributed by atoms with E-state index in [1.807, 2.05) is 0 Å². The van der Waals surface area contributed by atoms with E-state index < -0.39 is 12.7 Å². The first-order valence-electron chi connectivity index (χ1n) is 3.43. The van der Waals surface area contributed by atoms with Crippen LogP contribution in [0.2, 0.25) is 5.02 Å². The molecular weight excluding hydrogens is 180 g/mol. The maximum atomic E-state index is 9.30. The fourth-order valence-electron chi connectivity index (χ4n) is 0.899. The quantitative estimate of drug-likeness (QED) is 0.651. The zero-order valence-electron chi connectivity index (χ0n) is 6.24. The van der Waals surface area contributed by atoms with Crippen LogP contribution in [0.4, 0.5) is 0 Å². The van der Waals surface area contributed by atoms with Gasteiger partial charge < -0.3 is 15.3 Å². The molecule has 0 aliphatic heterocycles. The predicted octanol–water partition coefficient (Wildman–Crippen LogP) is 1.07. The van der Waals surface area contributed by atoms with Crippen LogP contribution in [0, 0.1) is 0 Å². The molecule has 0 aliphatic carbocycles. The van der Waals surface area contributed by atoms with Gasteiger partial charge in [0, 0.05) is 5.56 Å². The Labute approximate surface area is 74.8 Å². The molecule has 0 aromatic heterocycles. The lowest BCUT2D eigenvalue weighted by Crippen LogP contribution is -2.02. The van der Waals surface area contributed by atoms with Crippen molar-refractivity contribution in [2.45, 2.75) is 6.10 Å². The Bertz CT molecular complexity index is 275. The molecule has 0 heterocycles. The Morgan fingerprint density at radius 3 is 2.67 bits per heavy atom. The number of hydrogen-bond donors (Lipinski definition) is 3. The summed E-state index contributed by atoms with van der Waals surface area (Å²) in [6.07, 6.45) is -1.08. The van der Waals surface area contributed by atoms with E-state index in [1.165, 1.54) is 12.1 Å². The van der Waals surface area contributed by atoms with Crippen molar-refractivity contribution in [1.29, 1.82) is 0 Å². The number of aromatic hydroxyl groups is 1. The lowest BCUT2D eigenvalue weighted by molar-refractivity contribution is 0.0935. The molecule has 0 bridgehead atoms. The maximum Gasteiger partial charge on any atom is 0.140 e. The van der Waals surface area contributed by atoms with Gasteiger partial charge in [-0.2, -0.15) is 0 Å². The van der Waals surface area contributed by atoms with E-state index in [9.17, 15) is 5.11 Å². The van der Waals surface area contributed by atoms with Gasteiger partial charge in [-0.1, -0.05) is 23.7 Å². The molecule has 66 valence electrons. The number of phenols is 1. The van der Waals surface area contributed by atoms with E-state index in [0.717, 1.165) is 0 Å². The van der Waals surface area contributed by atoms with Crippen molar-refractivity contribution >= 4 is 11.6 Å². The van der Waals surface area contributed by atoms with E-state index >= 15 is 0 Å². The van der Waals surface area contributed by atoms with Gasteiger partial charge in [0.25, 0.3) is 0 Å². The van der Waals surface area contributed by atoms with Crippen molar-refractivity contribution in [2.24, 2.45) is 0 Å². The van der Waals surface area contributed by atoms with Gasteiger partial charge in [-0.05, 0) is 6.07 Å². The molecule has 3 nitrogen and oxygen atoms in total. The third-order valence-corrected chi connectivity index (χ3v) is 1.85. The van der Waals surface area contributed by atoms with E-state index in [0.29, 0.717) is 0 Å². The van der Waals surface area contributed by atoms with Crippen LogP contribution in [0.15, 0.2) is 18.2 Å². The number of benzene rings is 1. The van der Waals surface area contributed by atoms with Crippen LogP contribution in [0.1, 0.15) is 11.7 Å². The van der Waals surface area contributed by atoms with Crippen LogP contribution in [0.5, 0.6) is 5.75 Å². The highest BCUT2D eigenvalue weighted by atomic mass is 35.5. The van der Waals surface area contributed by atoms with Crippen LogP contribution < -0.4 is 0 Å².